The lowest BCUT2D eigenvalue weighted by Gasteiger charge is -2.37. The summed E-state index contributed by atoms with van der Waals surface area (Å²) in [5.41, 5.74) is 0.702. The van der Waals surface area contributed by atoms with E-state index in [1.165, 1.54) is 27.3 Å². The fraction of sp³-hybridized carbons (Fsp3) is 0.348. The van der Waals surface area contributed by atoms with Crippen molar-refractivity contribution in [1.82, 2.24) is 24.1 Å². The first-order chi connectivity index (χ1) is 15.6. The summed E-state index contributed by atoms with van der Waals surface area (Å²) in [6.07, 6.45) is 0.181. The van der Waals surface area contributed by atoms with Gasteiger partial charge in [0.2, 0.25) is 0 Å². The highest BCUT2D eigenvalue weighted by molar-refractivity contribution is 5.67. The molecule has 0 amide bonds. The number of halogens is 3. The Morgan fingerprint density at radius 2 is 1.76 bits per heavy atom. The number of aryl methyl sites for hydroxylation is 1. The lowest BCUT2D eigenvalue weighted by atomic mass is 10.1. The number of fused-ring (bicyclic) bond motifs is 2. The molecule has 0 saturated carbocycles. The van der Waals surface area contributed by atoms with Crippen LogP contribution in [0.25, 0.3) is 22.6 Å². The van der Waals surface area contributed by atoms with Gasteiger partial charge in [-0.25, -0.2) is 9.97 Å². The first-order valence-corrected chi connectivity index (χ1v) is 10.7. The maximum absolute atomic E-state index is 13.7. The second-order valence-electron chi connectivity index (χ2n) is 8.72. The minimum absolute atomic E-state index is 0.176. The van der Waals surface area contributed by atoms with E-state index in [-0.39, 0.29) is 22.5 Å². The van der Waals surface area contributed by atoms with E-state index in [2.05, 4.69) is 34.0 Å². The molecule has 0 radical (unpaired) electrons. The minimum Gasteiger partial charge on any atom is -0.367 e. The van der Waals surface area contributed by atoms with Crippen molar-refractivity contribution in [2.75, 3.05) is 18.0 Å². The standard InChI is InChI=1S/C23H23F3N6O/c1-13-8-30(9-14(2)27-13)17-4-5-20-29-19(7-21(33)32(20)12-17)16-6-18(23(24,25)26)22-28-15(3)10-31(22)11-16/h4-7,10-14,27H,8-9H2,1-3H3/t13-,14+. The van der Waals surface area contributed by atoms with E-state index in [0.717, 1.165) is 24.8 Å². The van der Waals surface area contributed by atoms with E-state index in [9.17, 15) is 18.0 Å². The largest absolute Gasteiger partial charge is 0.420 e. The highest BCUT2D eigenvalue weighted by atomic mass is 19.4. The zero-order chi connectivity index (χ0) is 23.5. The van der Waals surface area contributed by atoms with E-state index in [4.69, 9.17) is 0 Å². The molecule has 1 aliphatic heterocycles. The molecule has 0 unspecified atom stereocenters. The van der Waals surface area contributed by atoms with Gasteiger partial charge in [0.1, 0.15) is 11.3 Å². The van der Waals surface area contributed by atoms with Gasteiger partial charge in [-0.1, -0.05) is 0 Å². The summed E-state index contributed by atoms with van der Waals surface area (Å²) in [5, 5.41) is 3.47. The van der Waals surface area contributed by atoms with Gasteiger partial charge in [-0.15, -0.1) is 0 Å². The van der Waals surface area contributed by atoms with Crippen molar-refractivity contribution in [2.24, 2.45) is 0 Å². The average molecular weight is 456 g/mol. The summed E-state index contributed by atoms with van der Waals surface area (Å²) in [7, 11) is 0. The summed E-state index contributed by atoms with van der Waals surface area (Å²) in [6, 6.07) is 6.50. The number of nitrogens with zero attached hydrogens (tertiary/aromatic N) is 5. The molecule has 5 rings (SSSR count). The number of pyridine rings is 2. The molecule has 33 heavy (non-hydrogen) atoms. The quantitative estimate of drug-likeness (QED) is 0.500. The van der Waals surface area contributed by atoms with Gasteiger partial charge in [0.05, 0.1) is 22.6 Å². The summed E-state index contributed by atoms with van der Waals surface area (Å²) in [4.78, 5) is 23.6. The molecule has 172 valence electrons. The first-order valence-electron chi connectivity index (χ1n) is 10.7. The highest BCUT2D eigenvalue weighted by Gasteiger charge is 2.35. The molecule has 10 heteroatoms. The van der Waals surface area contributed by atoms with Crippen molar-refractivity contribution in [1.29, 1.82) is 0 Å². The Bertz CT molecular complexity index is 1410. The van der Waals surface area contributed by atoms with Crippen molar-refractivity contribution in [3.8, 4) is 11.3 Å². The van der Waals surface area contributed by atoms with Gasteiger partial charge >= 0.3 is 6.18 Å². The molecule has 2 atom stereocenters. The zero-order valence-electron chi connectivity index (χ0n) is 18.4. The van der Waals surface area contributed by atoms with Crippen LogP contribution in [0.15, 0.2) is 47.7 Å². The maximum atomic E-state index is 13.7. The summed E-state index contributed by atoms with van der Waals surface area (Å²) in [5.74, 6) is 0. The smallest absolute Gasteiger partial charge is 0.367 e. The van der Waals surface area contributed by atoms with Crippen molar-refractivity contribution in [3.05, 3.63) is 64.5 Å². The van der Waals surface area contributed by atoms with E-state index in [0.29, 0.717) is 23.4 Å². The van der Waals surface area contributed by atoms with Crippen LogP contribution in [-0.2, 0) is 6.18 Å². The zero-order valence-corrected chi connectivity index (χ0v) is 18.4. The van der Waals surface area contributed by atoms with Gasteiger partial charge in [-0.2, -0.15) is 13.2 Å². The van der Waals surface area contributed by atoms with Crippen LogP contribution in [0.2, 0.25) is 0 Å². The highest BCUT2D eigenvalue weighted by Crippen LogP contribution is 2.35. The van der Waals surface area contributed by atoms with Crippen LogP contribution in [0, 0.1) is 6.92 Å². The number of hydrogen-bond donors (Lipinski definition) is 1. The number of rotatable bonds is 2. The molecule has 1 aliphatic rings. The Labute approximate surface area is 187 Å². The molecule has 5 heterocycles. The molecule has 1 fully saturated rings. The topological polar surface area (TPSA) is 66.9 Å². The van der Waals surface area contributed by atoms with Crippen LogP contribution < -0.4 is 15.8 Å². The number of alkyl halides is 3. The van der Waals surface area contributed by atoms with Crippen LogP contribution in [0.1, 0.15) is 25.1 Å². The van der Waals surface area contributed by atoms with E-state index < -0.39 is 11.7 Å². The van der Waals surface area contributed by atoms with E-state index in [1.54, 1.807) is 19.2 Å². The number of hydrogen-bond acceptors (Lipinski definition) is 5. The summed E-state index contributed by atoms with van der Waals surface area (Å²) >= 11 is 0. The van der Waals surface area contributed by atoms with Crippen molar-refractivity contribution >= 4 is 17.0 Å². The molecule has 1 N–H and O–H groups in total. The molecule has 0 spiro atoms. The second kappa shape index (κ2) is 7.58. The molecular weight excluding hydrogens is 433 g/mol. The number of imidazole rings is 1. The molecule has 4 aromatic rings. The molecule has 4 aromatic heterocycles. The van der Waals surface area contributed by atoms with Gasteiger partial charge in [-0.3, -0.25) is 9.20 Å². The van der Waals surface area contributed by atoms with Crippen molar-refractivity contribution in [2.45, 2.75) is 39.0 Å². The van der Waals surface area contributed by atoms with Gasteiger partial charge in [0.25, 0.3) is 5.56 Å². The SMILES string of the molecule is Cc1cn2cc(-c3cc(=O)n4cc(N5C[C@@H](C)N[C@@H](C)C5)ccc4n3)cc(C(F)(F)F)c2n1. The molecule has 0 aliphatic carbocycles. The number of anilines is 1. The normalized spacial score (nSPS) is 19.5. The average Bonchev–Trinajstić information content (AvgIpc) is 3.11. The van der Waals surface area contributed by atoms with Crippen molar-refractivity contribution < 1.29 is 13.2 Å². The Morgan fingerprint density at radius 3 is 2.45 bits per heavy atom. The van der Waals surface area contributed by atoms with Crippen LogP contribution in [0.3, 0.4) is 0 Å². The molecule has 1 saturated heterocycles. The number of aromatic nitrogens is 4. The Kier molecular flexibility index (Phi) is 4.93. The molecule has 7 nitrogen and oxygen atoms in total. The van der Waals surface area contributed by atoms with Crippen LogP contribution in [-0.4, -0.2) is 43.9 Å². The van der Waals surface area contributed by atoms with Gasteiger partial charge in [0, 0.05) is 55.4 Å². The summed E-state index contributed by atoms with van der Waals surface area (Å²) in [6.45, 7) is 7.46. The van der Waals surface area contributed by atoms with Gasteiger partial charge in [0.15, 0.2) is 0 Å². The predicted octanol–water partition coefficient (Wildman–Crippen LogP) is 3.52. The molecule has 0 bridgehead atoms. The lowest BCUT2D eigenvalue weighted by Crippen LogP contribution is -2.54. The number of piperazine rings is 1. The van der Waals surface area contributed by atoms with Crippen LogP contribution in [0.4, 0.5) is 18.9 Å². The van der Waals surface area contributed by atoms with E-state index in [1.807, 2.05) is 6.07 Å². The third kappa shape index (κ3) is 3.95. The predicted molar refractivity (Wildman–Crippen MR) is 120 cm³/mol. The number of nitrogens with one attached hydrogen (secondary N) is 1. The van der Waals surface area contributed by atoms with Gasteiger partial charge in [-0.05, 0) is 39.0 Å². The Balaban J connectivity index is 1.60. The summed E-state index contributed by atoms with van der Waals surface area (Å²) < 4.78 is 43.8. The monoisotopic (exact) mass is 456 g/mol. The van der Waals surface area contributed by atoms with Crippen LogP contribution in [0.5, 0.6) is 0 Å². The fourth-order valence-corrected chi connectivity index (χ4v) is 4.53. The van der Waals surface area contributed by atoms with Crippen molar-refractivity contribution in [3.63, 3.8) is 0 Å². The van der Waals surface area contributed by atoms with Crippen LogP contribution >= 0.6 is 0 Å². The second-order valence-corrected chi connectivity index (χ2v) is 8.72. The fourth-order valence-electron chi connectivity index (χ4n) is 4.53. The molecular formula is C23H23F3N6O. The Morgan fingerprint density at radius 1 is 1.03 bits per heavy atom. The third-order valence-electron chi connectivity index (χ3n) is 5.84. The minimum atomic E-state index is -4.59. The molecule has 0 aromatic carbocycles. The maximum Gasteiger partial charge on any atom is 0.420 e. The van der Waals surface area contributed by atoms with E-state index >= 15 is 0 Å². The first kappa shape index (κ1) is 21.4. The lowest BCUT2D eigenvalue weighted by molar-refractivity contribution is -0.136. The third-order valence-corrected chi connectivity index (χ3v) is 5.84. The Hall–Kier alpha value is -3.40. The van der Waals surface area contributed by atoms with Gasteiger partial charge < -0.3 is 14.6 Å².